The highest BCUT2D eigenvalue weighted by molar-refractivity contribution is 5.97. The Morgan fingerprint density at radius 2 is 1.78 bits per heavy atom. The van der Waals surface area contributed by atoms with Crippen LogP contribution in [0.5, 0.6) is 11.5 Å². The van der Waals surface area contributed by atoms with Gasteiger partial charge in [-0.25, -0.2) is 4.79 Å². The van der Waals surface area contributed by atoms with Crippen LogP contribution < -0.4 is 20.1 Å². The predicted octanol–water partition coefficient (Wildman–Crippen LogP) is 1.83. The molecule has 1 aromatic carbocycles. The Bertz CT molecular complexity index is 672. The first-order valence-electron chi connectivity index (χ1n) is 8.79. The van der Waals surface area contributed by atoms with Crippen LogP contribution in [0.2, 0.25) is 0 Å². The molecule has 1 rings (SSSR count). The highest BCUT2D eigenvalue weighted by atomic mass is 16.5. The molecule has 0 unspecified atom stereocenters. The molecule has 0 saturated heterocycles. The molecule has 1 aromatic rings. The highest BCUT2D eigenvalue weighted by Gasteiger charge is 2.21. The molecular weight excluding hydrogens is 352 g/mol. The van der Waals surface area contributed by atoms with E-state index in [4.69, 9.17) is 14.6 Å². The molecule has 0 aromatic heterocycles. The van der Waals surface area contributed by atoms with E-state index in [0.29, 0.717) is 23.5 Å². The predicted molar refractivity (Wildman–Crippen MR) is 100 cm³/mol. The third-order valence-electron chi connectivity index (χ3n) is 3.54. The van der Waals surface area contributed by atoms with Crippen LogP contribution in [0.1, 0.15) is 44.5 Å². The normalized spacial score (nSPS) is 11.8. The summed E-state index contributed by atoms with van der Waals surface area (Å²) in [5.41, 5.74) is 0.299. The van der Waals surface area contributed by atoms with Gasteiger partial charge < -0.3 is 25.2 Å². The van der Waals surface area contributed by atoms with E-state index in [1.807, 2.05) is 27.7 Å². The van der Waals surface area contributed by atoms with Crippen LogP contribution in [-0.2, 0) is 9.59 Å². The summed E-state index contributed by atoms with van der Waals surface area (Å²) in [6.45, 7) is 7.16. The third kappa shape index (κ3) is 7.55. The lowest BCUT2D eigenvalue weighted by atomic mass is 10.0. The lowest BCUT2D eigenvalue weighted by molar-refractivity contribution is -0.142. The van der Waals surface area contributed by atoms with Crippen molar-refractivity contribution in [2.75, 3.05) is 13.7 Å². The van der Waals surface area contributed by atoms with E-state index in [1.54, 1.807) is 12.1 Å². The summed E-state index contributed by atoms with van der Waals surface area (Å²) < 4.78 is 10.8. The van der Waals surface area contributed by atoms with Crippen LogP contribution in [0.3, 0.4) is 0 Å². The van der Waals surface area contributed by atoms with Crippen molar-refractivity contribution in [2.24, 2.45) is 5.92 Å². The molecule has 0 aliphatic heterocycles. The Hall–Kier alpha value is -2.77. The Morgan fingerprint density at radius 1 is 1.11 bits per heavy atom. The first kappa shape index (κ1) is 22.3. The molecule has 0 spiro atoms. The zero-order chi connectivity index (χ0) is 20.6. The van der Waals surface area contributed by atoms with Crippen molar-refractivity contribution in [1.82, 2.24) is 10.6 Å². The van der Waals surface area contributed by atoms with E-state index in [9.17, 15) is 14.4 Å². The van der Waals surface area contributed by atoms with Gasteiger partial charge in [-0.1, -0.05) is 13.8 Å². The molecule has 0 radical (unpaired) electrons. The lowest BCUT2D eigenvalue weighted by Crippen LogP contribution is -2.46. The summed E-state index contributed by atoms with van der Waals surface area (Å²) in [5, 5.41) is 14.0. The van der Waals surface area contributed by atoms with Gasteiger partial charge in [0.05, 0.1) is 19.8 Å². The van der Waals surface area contributed by atoms with Gasteiger partial charge in [-0.15, -0.1) is 0 Å². The zero-order valence-electron chi connectivity index (χ0n) is 16.4. The van der Waals surface area contributed by atoms with E-state index >= 15 is 0 Å². The zero-order valence-corrected chi connectivity index (χ0v) is 16.4. The molecular formula is C19H28N2O6. The number of methoxy groups -OCH3 is 1. The number of carbonyl (C=O) groups is 3. The number of aliphatic carboxylic acids is 1. The van der Waals surface area contributed by atoms with E-state index < -0.39 is 23.8 Å². The molecule has 0 fully saturated rings. The maximum Gasteiger partial charge on any atom is 0.326 e. The van der Waals surface area contributed by atoms with Crippen molar-refractivity contribution in [3.8, 4) is 11.5 Å². The summed E-state index contributed by atoms with van der Waals surface area (Å²) in [6.07, 6.45) is 0.263. The number of amides is 2. The van der Waals surface area contributed by atoms with Gasteiger partial charge in [0, 0.05) is 5.56 Å². The molecule has 0 aliphatic rings. The highest BCUT2D eigenvalue weighted by Crippen LogP contribution is 2.28. The van der Waals surface area contributed by atoms with Gasteiger partial charge in [-0.05, 0) is 44.4 Å². The fraction of sp³-hybridized carbons (Fsp3) is 0.526. The van der Waals surface area contributed by atoms with Crippen molar-refractivity contribution >= 4 is 17.8 Å². The Kier molecular flexibility index (Phi) is 8.58. The molecule has 8 nitrogen and oxygen atoms in total. The van der Waals surface area contributed by atoms with E-state index in [0.717, 1.165) is 0 Å². The van der Waals surface area contributed by atoms with Gasteiger partial charge >= 0.3 is 5.97 Å². The quantitative estimate of drug-likeness (QED) is 0.571. The molecule has 0 heterocycles. The van der Waals surface area contributed by atoms with E-state index in [1.165, 1.54) is 13.2 Å². The number of nitrogens with one attached hydrogen (secondary N) is 2. The number of carboxylic acids is 1. The minimum atomic E-state index is -1.10. The fourth-order valence-corrected chi connectivity index (χ4v) is 2.36. The Balaban J connectivity index is 2.68. The minimum Gasteiger partial charge on any atom is -0.493 e. The summed E-state index contributed by atoms with van der Waals surface area (Å²) in [7, 11) is 1.47. The summed E-state index contributed by atoms with van der Waals surface area (Å²) in [4.78, 5) is 35.4. The molecule has 0 bridgehead atoms. The van der Waals surface area contributed by atoms with Gasteiger partial charge in [0.1, 0.15) is 6.04 Å². The number of carbonyl (C=O) groups excluding carboxylic acids is 2. The monoisotopic (exact) mass is 380 g/mol. The van der Waals surface area contributed by atoms with Crippen molar-refractivity contribution in [2.45, 2.75) is 46.3 Å². The van der Waals surface area contributed by atoms with Crippen LogP contribution in [0, 0.1) is 5.92 Å². The van der Waals surface area contributed by atoms with Crippen molar-refractivity contribution in [1.29, 1.82) is 0 Å². The number of benzene rings is 1. The van der Waals surface area contributed by atoms with Crippen LogP contribution in [0.25, 0.3) is 0 Å². The van der Waals surface area contributed by atoms with Gasteiger partial charge in [0.25, 0.3) is 5.91 Å². The summed E-state index contributed by atoms with van der Waals surface area (Å²) in [6, 6.07) is 3.72. The van der Waals surface area contributed by atoms with E-state index in [-0.39, 0.29) is 18.6 Å². The van der Waals surface area contributed by atoms with Gasteiger partial charge in [-0.3, -0.25) is 9.59 Å². The molecule has 3 N–H and O–H groups in total. The van der Waals surface area contributed by atoms with Crippen LogP contribution in [0.4, 0.5) is 0 Å². The van der Waals surface area contributed by atoms with Gasteiger partial charge in [0.2, 0.25) is 5.91 Å². The molecule has 0 saturated carbocycles. The lowest BCUT2D eigenvalue weighted by Gasteiger charge is -2.17. The smallest absolute Gasteiger partial charge is 0.326 e. The number of rotatable bonds is 10. The van der Waals surface area contributed by atoms with Crippen LogP contribution >= 0.6 is 0 Å². The van der Waals surface area contributed by atoms with Crippen molar-refractivity contribution < 1.29 is 29.0 Å². The van der Waals surface area contributed by atoms with Gasteiger partial charge in [-0.2, -0.15) is 0 Å². The SMILES string of the molecule is COc1cc(C(=O)NCC(=O)N[C@@H](CC(C)C)C(=O)O)ccc1OC(C)C. The Labute approximate surface area is 159 Å². The molecule has 0 aliphatic carbocycles. The molecule has 1 atom stereocenters. The first-order valence-corrected chi connectivity index (χ1v) is 8.79. The topological polar surface area (TPSA) is 114 Å². The van der Waals surface area contributed by atoms with Crippen molar-refractivity contribution in [3.05, 3.63) is 23.8 Å². The second-order valence-corrected chi connectivity index (χ2v) is 6.80. The fourth-order valence-electron chi connectivity index (χ4n) is 2.36. The number of hydrogen-bond acceptors (Lipinski definition) is 5. The maximum absolute atomic E-state index is 12.2. The average molecular weight is 380 g/mol. The largest absolute Gasteiger partial charge is 0.493 e. The molecule has 2 amide bonds. The second kappa shape index (κ2) is 10.4. The molecule has 8 heteroatoms. The van der Waals surface area contributed by atoms with Crippen LogP contribution in [-0.4, -0.2) is 48.7 Å². The Morgan fingerprint density at radius 3 is 2.30 bits per heavy atom. The standard InChI is InChI=1S/C19H28N2O6/c1-11(2)8-14(19(24)25)21-17(22)10-20-18(23)13-6-7-15(27-12(3)4)16(9-13)26-5/h6-7,9,11-12,14H,8,10H2,1-5H3,(H,20,23)(H,21,22)(H,24,25)/t14-/m0/s1. The van der Waals surface area contributed by atoms with Crippen LogP contribution in [0.15, 0.2) is 18.2 Å². The number of ether oxygens (including phenoxy) is 2. The average Bonchev–Trinajstić information content (AvgIpc) is 2.58. The first-order chi connectivity index (χ1) is 12.6. The molecule has 150 valence electrons. The maximum atomic E-state index is 12.2. The van der Waals surface area contributed by atoms with E-state index in [2.05, 4.69) is 10.6 Å². The van der Waals surface area contributed by atoms with Crippen molar-refractivity contribution in [3.63, 3.8) is 0 Å². The number of carboxylic acid groups (broad SMARTS) is 1. The summed E-state index contributed by atoms with van der Waals surface area (Å²) in [5.74, 6) is -1.12. The minimum absolute atomic E-state index is 0.0460. The molecule has 27 heavy (non-hydrogen) atoms. The third-order valence-corrected chi connectivity index (χ3v) is 3.54. The van der Waals surface area contributed by atoms with Gasteiger partial charge in [0.15, 0.2) is 11.5 Å². The second-order valence-electron chi connectivity index (χ2n) is 6.80. The summed E-state index contributed by atoms with van der Waals surface area (Å²) >= 11 is 0. The number of hydrogen-bond donors (Lipinski definition) is 3.